The molecule has 0 saturated heterocycles. The van der Waals surface area contributed by atoms with Crippen LogP contribution in [0.2, 0.25) is 0 Å². The number of para-hydroxylation sites is 1. The van der Waals surface area contributed by atoms with E-state index >= 15 is 0 Å². The number of imidazole rings is 1. The molecule has 0 atom stereocenters. The fourth-order valence-electron chi connectivity index (χ4n) is 2.62. The second-order valence-corrected chi connectivity index (χ2v) is 6.13. The van der Waals surface area contributed by atoms with Gasteiger partial charge in [-0.15, -0.1) is 0 Å². The van der Waals surface area contributed by atoms with E-state index in [-0.39, 0.29) is 0 Å². The topological polar surface area (TPSA) is 43.8 Å². The lowest BCUT2D eigenvalue weighted by molar-refractivity contribution is 0.894. The molecule has 20 heavy (non-hydrogen) atoms. The Kier molecular flexibility index (Phi) is 2.60. The first-order valence-electron chi connectivity index (χ1n) is 6.77. The Morgan fingerprint density at radius 3 is 2.70 bits per heavy atom. The van der Waals surface area contributed by atoms with Crippen LogP contribution >= 0.6 is 15.9 Å². The second-order valence-electron chi connectivity index (χ2n) is 5.28. The summed E-state index contributed by atoms with van der Waals surface area (Å²) < 4.78 is 3.34. The van der Waals surface area contributed by atoms with Crippen LogP contribution in [0.4, 0.5) is 5.69 Å². The summed E-state index contributed by atoms with van der Waals surface area (Å²) in [4.78, 5) is 4.82. The first-order chi connectivity index (χ1) is 9.74. The Morgan fingerprint density at radius 1 is 1.15 bits per heavy atom. The number of fused-ring (bicyclic) bond motifs is 1. The lowest BCUT2D eigenvalue weighted by atomic mass is 10.2. The molecule has 0 amide bonds. The van der Waals surface area contributed by atoms with Gasteiger partial charge in [0.2, 0.25) is 0 Å². The number of nitrogens with two attached hydrogens (primary N) is 1. The maximum atomic E-state index is 5.89. The molecule has 0 bridgehead atoms. The zero-order chi connectivity index (χ0) is 13.7. The van der Waals surface area contributed by atoms with E-state index in [1.165, 1.54) is 12.8 Å². The van der Waals surface area contributed by atoms with E-state index in [0.717, 1.165) is 32.7 Å². The fourth-order valence-corrected chi connectivity index (χ4v) is 3.08. The number of halogens is 1. The van der Waals surface area contributed by atoms with Crippen molar-refractivity contribution >= 4 is 32.7 Å². The zero-order valence-electron chi connectivity index (χ0n) is 10.9. The van der Waals surface area contributed by atoms with E-state index in [2.05, 4.69) is 44.8 Å². The van der Waals surface area contributed by atoms with Gasteiger partial charge >= 0.3 is 0 Å². The monoisotopic (exact) mass is 327 g/mol. The van der Waals surface area contributed by atoms with Crippen molar-refractivity contribution in [3.63, 3.8) is 0 Å². The first kappa shape index (κ1) is 12.0. The van der Waals surface area contributed by atoms with E-state index in [1.54, 1.807) is 0 Å². The Labute approximate surface area is 125 Å². The van der Waals surface area contributed by atoms with Gasteiger partial charge < -0.3 is 5.73 Å². The Morgan fingerprint density at radius 2 is 1.95 bits per heavy atom. The molecule has 2 N–H and O–H groups in total. The normalized spacial score (nSPS) is 14.8. The summed E-state index contributed by atoms with van der Waals surface area (Å²) in [6.07, 6.45) is 2.45. The molecular formula is C16H14BrN3. The number of nitrogens with zero attached hydrogens (tertiary/aromatic N) is 2. The van der Waals surface area contributed by atoms with E-state index < -0.39 is 0 Å². The summed E-state index contributed by atoms with van der Waals surface area (Å²) in [5.41, 5.74) is 9.88. The molecule has 2 aromatic carbocycles. The fraction of sp³-hybridized carbons (Fsp3) is 0.188. The van der Waals surface area contributed by atoms with Crippen LogP contribution in [0.5, 0.6) is 0 Å². The van der Waals surface area contributed by atoms with E-state index in [1.807, 2.05) is 18.2 Å². The van der Waals surface area contributed by atoms with Crippen molar-refractivity contribution in [3.05, 3.63) is 52.8 Å². The number of aromatic nitrogens is 2. The van der Waals surface area contributed by atoms with Crippen molar-refractivity contribution in [2.75, 3.05) is 5.73 Å². The summed E-state index contributed by atoms with van der Waals surface area (Å²) in [5, 5.41) is 0. The van der Waals surface area contributed by atoms with Crippen LogP contribution in [0.3, 0.4) is 0 Å². The predicted octanol–water partition coefficient (Wildman–Crippen LogP) is 4.25. The number of benzene rings is 2. The molecule has 4 rings (SSSR count). The molecule has 1 aromatic heterocycles. The van der Waals surface area contributed by atoms with E-state index in [9.17, 15) is 0 Å². The minimum absolute atomic E-state index is 0.579. The van der Waals surface area contributed by atoms with Gasteiger partial charge in [0.25, 0.3) is 0 Å². The van der Waals surface area contributed by atoms with Crippen LogP contribution in [0.15, 0.2) is 46.9 Å². The average molecular weight is 328 g/mol. The van der Waals surface area contributed by atoms with Gasteiger partial charge in [-0.25, -0.2) is 4.98 Å². The number of anilines is 1. The minimum atomic E-state index is 0.579. The van der Waals surface area contributed by atoms with Crippen LogP contribution < -0.4 is 5.73 Å². The third-order valence-electron chi connectivity index (χ3n) is 3.74. The Balaban J connectivity index is 2.06. The summed E-state index contributed by atoms with van der Waals surface area (Å²) in [5.74, 6) is 1.73. The third kappa shape index (κ3) is 1.83. The van der Waals surface area contributed by atoms with Crippen molar-refractivity contribution in [2.45, 2.75) is 18.8 Å². The summed E-state index contributed by atoms with van der Waals surface area (Å²) in [6.45, 7) is 0. The van der Waals surface area contributed by atoms with Gasteiger partial charge in [-0.05, 0) is 59.1 Å². The summed E-state index contributed by atoms with van der Waals surface area (Å²) in [7, 11) is 0. The molecule has 0 unspecified atom stereocenters. The molecule has 0 aliphatic heterocycles. The molecule has 1 saturated carbocycles. The molecule has 1 aliphatic carbocycles. The average Bonchev–Trinajstić information content (AvgIpc) is 3.21. The van der Waals surface area contributed by atoms with Gasteiger partial charge in [-0.1, -0.05) is 12.1 Å². The summed E-state index contributed by atoms with van der Waals surface area (Å²) in [6, 6.07) is 14.2. The Hall–Kier alpha value is -1.81. The maximum Gasteiger partial charge on any atom is 0.117 e. The molecule has 100 valence electrons. The van der Waals surface area contributed by atoms with Crippen LogP contribution in [0.1, 0.15) is 24.6 Å². The highest BCUT2D eigenvalue weighted by Crippen LogP contribution is 2.42. The minimum Gasteiger partial charge on any atom is -0.399 e. The number of hydrogen-bond acceptors (Lipinski definition) is 2. The Bertz CT molecular complexity index is 803. The van der Waals surface area contributed by atoms with Gasteiger partial charge in [0.15, 0.2) is 0 Å². The van der Waals surface area contributed by atoms with Crippen LogP contribution in [-0.2, 0) is 0 Å². The molecule has 4 heteroatoms. The van der Waals surface area contributed by atoms with Crippen LogP contribution in [0, 0.1) is 0 Å². The smallest absolute Gasteiger partial charge is 0.117 e. The largest absolute Gasteiger partial charge is 0.399 e. The third-order valence-corrected chi connectivity index (χ3v) is 4.41. The quantitative estimate of drug-likeness (QED) is 0.715. The van der Waals surface area contributed by atoms with Gasteiger partial charge in [0.05, 0.1) is 16.7 Å². The molecule has 1 fully saturated rings. The molecule has 3 nitrogen and oxygen atoms in total. The first-order valence-corrected chi connectivity index (χ1v) is 7.56. The SMILES string of the molecule is Nc1ccc2c(c1)nc(C1CC1)n2-c1ccccc1Br. The van der Waals surface area contributed by atoms with Crippen LogP contribution in [0.25, 0.3) is 16.7 Å². The standard InChI is InChI=1S/C16H14BrN3/c17-12-3-1-2-4-14(12)20-15-8-7-11(18)9-13(15)19-16(20)10-5-6-10/h1-4,7-10H,5-6,18H2. The van der Waals surface area contributed by atoms with Gasteiger partial charge in [0, 0.05) is 16.1 Å². The molecular weight excluding hydrogens is 314 g/mol. The van der Waals surface area contributed by atoms with Crippen molar-refractivity contribution in [2.24, 2.45) is 0 Å². The van der Waals surface area contributed by atoms with Gasteiger partial charge in [0.1, 0.15) is 5.82 Å². The lowest BCUT2D eigenvalue weighted by Gasteiger charge is -2.10. The zero-order valence-corrected chi connectivity index (χ0v) is 12.5. The second kappa shape index (κ2) is 4.35. The molecule has 3 aromatic rings. The highest BCUT2D eigenvalue weighted by molar-refractivity contribution is 9.10. The van der Waals surface area contributed by atoms with E-state index in [4.69, 9.17) is 10.7 Å². The predicted molar refractivity (Wildman–Crippen MR) is 85.2 cm³/mol. The van der Waals surface area contributed by atoms with Crippen molar-refractivity contribution in [1.29, 1.82) is 0 Å². The van der Waals surface area contributed by atoms with Gasteiger partial charge in [-0.2, -0.15) is 0 Å². The number of rotatable bonds is 2. The van der Waals surface area contributed by atoms with Crippen molar-refractivity contribution < 1.29 is 0 Å². The van der Waals surface area contributed by atoms with E-state index in [0.29, 0.717) is 5.92 Å². The van der Waals surface area contributed by atoms with Crippen LogP contribution in [-0.4, -0.2) is 9.55 Å². The molecule has 0 spiro atoms. The van der Waals surface area contributed by atoms with Crippen molar-refractivity contribution in [1.82, 2.24) is 9.55 Å². The highest BCUT2D eigenvalue weighted by Gasteiger charge is 2.30. The maximum absolute atomic E-state index is 5.89. The highest BCUT2D eigenvalue weighted by atomic mass is 79.9. The summed E-state index contributed by atoms with van der Waals surface area (Å²) >= 11 is 3.65. The van der Waals surface area contributed by atoms with Gasteiger partial charge in [-0.3, -0.25) is 4.57 Å². The molecule has 1 aliphatic rings. The molecule has 1 heterocycles. The number of hydrogen-bond donors (Lipinski definition) is 1. The lowest BCUT2D eigenvalue weighted by Crippen LogP contribution is -2.00. The van der Waals surface area contributed by atoms with Crippen molar-refractivity contribution in [3.8, 4) is 5.69 Å². The molecule has 0 radical (unpaired) electrons. The number of nitrogen functional groups attached to an aromatic ring is 1.